The van der Waals surface area contributed by atoms with E-state index in [1.807, 2.05) is 0 Å². The second-order valence-electron chi connectivity index (χ2n) is 5.80. The summed E-state index contributed by atoms with van der Waals surface area (Å²) in [6.07, 6.45) is 6.51. The zero-order valence-corrected chi connectivity index (χ0v) is 16.8. The lowest BCUT2D eigenvalue weighted by atomic mass is 9.92. The number of ether oxygens (including phenoxy) is 1. The van der Waals surface area contributed by atoms with Gasteiger partial charge in [-0.1, -0.05) is 22.6 Å². The Hall–Kier alpha value is -1.69. The molecule has 0 aromatic heterocycles. The first-order valence-corrected chi connectivity index (χ1v) is 11.8. The second-order valence-corrected chi connectivity index (χ2v) is 9.88. The van der Waals surface area contributed by atoms with Gasteiger partial charge in [0.15, 0.2) is 6.23 Å². The molecule has 1 aliphatic carbocycles. The van der Waals surface area contributed by atoms with Gasteiger partial charge in [-0.05, 0) is 6.08 Å². The third-order valence-corrected chi connectivity index (χ3v) is 6.05. The van der Waals surface area contributed by atoms with Gasteiger partial charge in [0.25, 0.3) is 10.0 Å². The molecule has 0 spiro atoms. The van der Waals surface area contributed by atoms with E-state index in [-0.39, 0.29) is 10.3 Å². The molecular formula is C14H18ClN3O7S2. The number of halogens is 1. The van der Waals surface area contributed by atoms with Gasteiger partial charge in [-0.15, -0.1) is 16.0 Å². The van der Waals surface area contributed by atoms with Gasteiger partial charge in [-0.25, -0.2) is 26.4 Å². The Morgan fingerprint density at radius 1 is 1.26 bits per heavy atom. The molecule has 1 fully saturated rings. The highest BCUT2D eigenvalue weighted by molar-refractivity contribution is 7.91. The lowest BCUT2D eigenvalue weighted by molar-refractivity contribution is 0.160. The Kier molecular flexibility index (Phi) is 6.51. The molecule has 13 heteroatoms. The molecule has 1 aliphatic heterocycles. The molecule has 3 atom stereocenters. The fourth-order valence-corrected chi connectivity index (χ4v) is 5.04. The zero-order valence-electron chi connectivity index (χ0n) is 14.4. The first kappa shape index (κ1) is 21.6. The average molecular weight is 440 g/mol. The number of hydrogen-bond acceptors (Lipinski definition) is 7. The number of rotatable bonds is 7. The van der Waals surface area contributed by atoms with Crippen LogP contribution in [-0.2, 0) is 29.6 Å². The van der Waals surface area contributed by atoms with E-state index in [0.717, 1.165) is 6.26 Å². The third kappa shape index (κ3) is 5.18. The molecule has 1 saturated heterocycles. The standard InChI is InChI=1S/C14H18ClN3O7S2/c1-26(21,22)17(8-7-15)18(27(2,23)24)14(20)16-13-12(25-13)11-6-4-3-5-10(11)9-19/h3-6,11-13H,7-8H2,1-2H3,(H,16,20). The summed E-state index contributed by atoms with van der Waals surface area (Å²) in [4.78, 5) is 23.5. The first-order chi connectivity index (χ1) is 12.5. The Balaban J connectivity index is 2.18. The molecule has 0 bridgehead atoms. The summed E-state index contributed by atoms with van der Waals surface area (Å²) < 4.78 is 53.6. The maximum atomic E-state index is 12.5. The molecule has 10 nitrogen and oxygen atoms in total. The van der Waals surface area contributed by atoms with Crippen LogP contribution in [0, 0.1) is 5.92 Å². The van der Waals surface area contributed by atoms with Crippen molar-refractivity contribution in [2.45, 2.75) is 12.3 Å². The SMILES string of the molecule is CS(=O)(=O)N(CCCl)N(C(=O)NC1OC1C1C=CC=CC1=C=O)S(C)(=O)=O. The lowest BCUT2D eigenvalue weighted by Crippen LogP contribution is -2.56. The van der Waals surface area contributed by atoms with Gasteiger partial charge < -0.3 is 10.1 Å². The maximum Gasteiger partial charge on any atom is 0.349 e. The molecule has 0 aromatic carbocycles. The number of carbonyl (C=O) groups excluding carboxylic acids is 2. The number of sulfonamides is 2. The second kappa shape index (κ2) is 8.13. The summed E-state index contributed by atoms with van der Waals surface area (Å²) in [7, 11) is -8.38. The number of epoxide rings is 1. The van der Waals surface area contributed by atoms with Crippen LogP contribution in [-0.4, -0.2) is 74.9 Å². The molecule has 150 valence electrons. The van der Waals surface area contributed by atoms with Crippen molar-refractivity contribution in [1.82, 2.24) is 14.1 Å². The van der Waals surface area contributed by atoms with E-state index in [0.29, 0.717) is 16.2 Å². The van der Waals surface area contributed by atoms with E-state index < -0.39 is 50.9 Å². The van der Waals surface area contributed by atoms with Crippen LogP contribution in [0.5, 0.6) is 0 Å². The van der Waals surface area contributed by atoms with Gasteiger partial charge in [-0.2, -0.15) is 0 Å². The quantitative estimate of drug-likeness (QED) is 0.247. The van der Waals surface area contributed by atoms with E-state index in [9.17, 15) is 26.4 Å². The molecule has 2 amide bonds. The number of amides is 2. The van der Waals surface area contributed by atoms with Crippen LogP contribution in [0.3, 0.4) is 0 Å². The number of alkyl halides is 1. The van der Waals surface area contributed by atoms with Gasteiger partial charge in [0.05, 0.1) is 12.5 Å². The molecule has 0 aromatic rings. The predicted octanol–water partition coefficient (Wildman–Crippen LogP) is -0.402. The van der Waals surface area contributed by atoms with E-state index >= 15 is 0 Å². The van der Waals surface area contributed by atoms with Crippen LogP contribution in [0.4, 0.5) is 4.79 Å². The van der Waals surface area contributed by atoms with E-state index in [4.69, 9.17) is 16.3 Å². The number of carbonyl (C=O) groups is 1. The number of nitrogens with zero attached hydrogens (tertiary/aromatic N) is 2. The highest BCUT2D eigenvalue weighted by Gasteiger charge is 2.48. The Morgan fingerprint density at radius 3 is 2.44 bits per heavy atom. The number of allylic oxidation sites excluding steroid dienone is 3. The lowest BCUT2D eigenvalue weighted by Gasteiger charge is -2.30. The van der Waals surface area contributed by atoms with Gasteiger partial charge in [-0.3, -0.25) is 0 Å². The van der Waals surface area contributed by atoms with Crippen molar-refractivity contribution in [3.8, 4) is 0 Å². The largest absolute Gasteiger partial charge is 0.349 e. The van der Waals surface area contributed by atoms with Crippen molar-refractivity contribution >= 4 is 43.6 Å². The van der Waals surface area contributed by atoms with Crippen molar-refractivity contribution in [1.29, 1.82) is 0 Å². The average Bonchev–Trinajstić information content (AvgIpc) is 3.31. The summed E-state index contributed by atoms with van der Waals surface area (Å²) in [5.74, 6) is 1.08. The monoisotopic (exact) mass is 439 g/mol. The number of urea groups is 1. The number of nitrogens with one attached hydrogen (secondary N) is 1. The third-order valence-electron chi connectivity index (χ3n) is 3.68. The summed E-state index contributed by atoms with van der Waals surface area (Å²) in [5, 5.41) is 2.30. The van der Waals surface area contributed by atoms with Crippen LogP contribution in [0.1, 0.15) is 0 Å². The van der Waals surface area contributed by atoms with Crippen LogP contribution < -0.4 is 5.32 Å². The van der Waals surface area contributed by atoms with Crippen molar-refractivity contribution in [3.63, 3.8) is 0 Å². The van der Waals surface area contributed by atoms with Crippen LogP contribution in [0.2, 0.25) is 0 Å². The molecule has 3 unspecified atom stereocenters. The fraction of sp³-hybridized carbons (Fsp3) is 0.500. The topological polar surface area (TPSA) is 133 Å². The maximum absolute atomic E-state index is 12.5. The molecule has 2 aliphatic rings. The molecular weight excluding hydrogens is 422 g/mol. The minimum Gasteiger partial charge on any atom is -0.347 e. The zero-order chi connectivity index (χ0) is 20.4. The molecule has 1 heterocycles. The van der Waals surface area contributed by atoms with Crippen molar-refractivity contribution in [3.05, 3.63) is 29.9 Å². The van der Waals surface area contributed by atoms with Crippen LogP contribution >= 0.6 is 11.6 Å². The van der Waals surface area contributed by atoms with Gasteiger partial charge in [0.1, 0.15) is 12.0 Å². The van der Waals surface area contributed by atoms with E-state index in [2.05, 4.69) is 5.32 Å². The normalized spacial score (nSPS) is 24.6. The van der Waals surface area contributed by atoms with E-state index in [1.165, 1.54) is 0 Å². The smallest absolute Gasteiger partial charge is 0.347 e. The fourth-order valence-electron chi connectivity index (χ4n) is 2.52. The molecule has 1 N–H and O–H groups in total. The summed E-state index contributed by atoms with van der Waals surface area (Å²) in [6, 6.07) is -1.22. The summed E-state index contributed by atoms with van der Waals surface area (Å²) in [5.41, 5.74) is 0.319. The van der Waals surface area contributed by atoms with Crippen LogP contribution in [0.15, 0.2) is 29.9 Å². The minimum absolute atomic E-state index is 0.0938. The van der Waals surface area contributed by atoms with Gasteiger partial charge in [0.2, 0.25) is 10.0 Å². The Labute approximate surface area is 162 Å². The summed E-state index contributed by atoms with van der Waals surface area (Å²) in [6.45, 7) is -0.427. The minimum atomic E-state index is -4.28. The molecule has 0 saturated carbocycles. The van der Waals surface area contributed by atoms with Crippen molar-refractivity contribution in [2.75, 3.05) is 24.9 Å². The van der Waals surface area contributed by atoms with Crippen molar-refractivity contribution < 1.29 is 31.2 Å². The Morgan fingerprint density at radius 2 is 1.93 bits per heavy atom. The highest BCUT2D eigenvalue weighted by atomic mass is 35.5. The summed E-state index contributed by atoms with van der Waals surface area (Å²) >= 11 is 5.54. The highest BCUT2D eigenvalue weighted by Crippen LogP contribution is 2.34. The van der Waals surface area contributed by atoms with Crippen molar-refractivity contribution in [2.24, 2.45) is 5.92 Å². The molecule has 0 radical (unpaired) electrons. The number of hydrazine groups is 1. The number of hydrogen-bond donors (Lipinski definition) is 1. The van der Waals surface area contributed by atoms with Crippen LogP contribution in [0.25, 0.3) is 0 Å². The van der Waals surface area contributed by atoms with Gasteiger partial charge in [0, 0.05) is 23.9 Å². The van der Waals surface area contributed by atoms with E-state index in [1.54, 1.807) is 30.2 Å². The Bertz CT molecular complexity index is 922. The predicted molar refractivity (Wildman–Crippen MR) is 97.1 cm³/mol. The molecule has 2 rings (SSSR count). The first-order valence-electron chi connectivity index (χ1n) is 7.60. The molecule has 27 heavy (non-hydrogen) atoms. The van der Waals surface area contributed by atoms with Gasteiger partial charge >= 0.3 is 6.03 Å².